The van der Waals surface area contributed by atoms with E-state index in [-0.39, 0.29) is 18.3 Å². The fourth-order valence-electron chi connectivity index (χ4n) is 3.45. The second kappa shape index (κ2) is 8.95. The lowest BCUT2D eigenvalue weighted by molar-refractivity contribution is -0.122. The maximum absolute atomic E-state index is 12.2. The quantitative estimate of drug-likeness (QED) is 0.825. The summed E-state index contributed by atoms with van der Waals surface area (Å²) in [5.74, 6) is 2.43. The van der Waals surface area contributed by atoms with Crippen LogP contribution < -0.4 is 10.6 Å². The van der Waals surface area contributed by atoms with Gasteiger partial charge in [-0.15, -0.1) is 12.4 Å². The number of benzene rings is 1. The number of amides is 1. The molecule has 1 saturated heterocycles. The van der Waals surface area contributed by atoms with Crippen LogP contribution in [0.25, 0.3) is 0 Å². The van der Waals surface area contributed by atoms with Crippen LogP contribution >= 0.6 is 24.2 Å². The fourth-order valence-corrected chi connectivity index (χ4v) is 4.40. The van der Waals surface area contributed by atoms with Gasteiger partial charge >= 0.3 is 0 Å². The predicted molar refractivity (Wildman–Crippen MR) is 100 cm³/mol. The normalized spacial score (nSPS) is 22.5. The van der Waals surface area contributed by atoms with E-state index in [1.54, 1.807) is 0 Å². The van der Waals surface area contributed by atoms with Crippen molar-refractivity contribution in [1.29, 1.82) is 0 Å². The maximum atomic E-state index is 12.2. The first-order valence-electron chi connectivity index (χ1n) is 8.38. The molecule has 3 rings (SSSR count). The molecule has 0 aromatic heterocycles. The molecule has 23 heavy (non-hydrogen) atoms. The summed E-state index contributed by atoms with van der Waals surface area (Å²) in [6, 6.07) is 11.0. The molecule has 2 aliphatic rings. The maximum Gasteiger partial charge on any atom is 0.221 e. The third-order valence-corrected chi connectivity index (χ3v) is 6.06. The van der Waals surface area contributed by atoms with Gasteiger partial charge in [0.1, 0.15) is 0 Å². The van der Waals surface area contributed by atoms with Gasteiger partial charge in [-0.1, -0.05) is 36.8 Å². The standard InChI is InChI=1S/C18H26N2OS.ClH/c21-17(11-16-13-22-10-9-19-16)20-14-18(7-4-8-18)12-15-5-2-1-3-6-15;/h1-3,5-6,16,19H,4,7-14H2,(H,20,21);1H. The predicted octanol–water partition coefficient (Wildman–Crippen LogP) is 3.03. The lowest BCUT2D eigenvalue weighted by atomic mass is 9.65. The van der Waals surface area contributed by atoms with Gasteiger partial charge in [-0.05, 0) is 30.2 Å². The minimum Gasteiger partial charge on any atom is -0.355 e. The second-order valence-corrected chi connectivity index (χ2v) is 7.87. The number of nitrogens with one attached hydrogen (secondary N) is 2. The Morgan fingerprint density at radius 2 is 2.09 bits per heavy atom. The van der Waals surface area contributed by atoms with Crippen molar-refractivity contribution in [3.63, 3.8) is 0 Å². The lowest BCUT2D eigenvalue weighted by Crippen LogP contribution is -2.46. The van der Waals surface area contributed by atoms with Gasteiger partial charge in [0.15, 0.2) is 0 Å². The average molecular weight is 355 g/mol. The van der Waals surface area contributed by atoms with Gasteiger partial charge in [-0.3, -0.25) is 4.79 Å². The van der Waals surface area contributed by atoms with E-state index < -0.39 is 0 Å². The Hall–Kier alpha value is -0.710. The van der Waals surface area contributed by atoms with Gasteiger partial charge in [0.2, 0.25) is 5.91 Å². The highest BCUT2D eigenvalue weighted by Gasteiger charge is 2.37. The molecule has 5 heteroatoms. The average Bonchev–Trinajstić information content (AvgIpc) is 2.52. The minimum atomic E-state index is 0. The van der Waals surface area contributed by atoms with E-state index in [4.69, 9.17) is 0 Å². The third kappa shape index (κ3) is 5.40. The van der Waals surface area contributed by atoms with E-state index in [9.17, 15) is 4.79 Å². The number of hydrogen-bond acceptors (Lipinski definition) is 3. The molecule has 2 fully saturated rings. The fraction of sp³-hybridized carbons (Fsp3) is 0.611. The summed E-state index contributed by atoms with van der Waals surface area (Å²) in [6.45, 7) is 1.86. The van der Waals surface area contributed by atoms with Gasteiger partial charge in [0.05, 0.1) is 0 Å². The largest absolute Gasteiger partial charge is 0.355 e. The van der Waals surface area contributed by atoms with Crippen LogP contribution in [0, 0.1) is 5.41 Å². The molecule has 0 spiro atoms. The Morgan fingerprint density at radius 3 is 2.70 bits per heavy atom. The lowest BCUT2D eigenvalue weighted by Gasteiger charge is -2.42. The number of thioether (sulfide) groups is 1. The van der Waals surface area contributed by atoms with Gasteiger partial charge in [0, 0.05) is 37.1 Å². The highest BCUT2D eigenvalue weighted by atomic mass is 35.5. The molecule has 1 atom stereocenters. The van der Waals surface area contributed by atoms with Crippen molar-refractivity contribution >= 4 is 30.1 Å². The van der Waals surface area contributed by atoms with Gasteiger partial charge in [-0.25, -0.2) is 0 Å². The molecular formula is C18H27ClN2OS. The third-order valence-electron chi connectivity index (χ3n) is 4.93. The molecule has 1 aliphatic heterocycles. The molecule has 3 nitrogen and oxygen atoms in total. The summed E-state index contributed by atoms with van der Waals surface area (Å²) in [4.78, 5) is 12.2. The van der Waals surface area contributed by atoms with Crippen molar-refractivity contribution < 1.29 is 4.79 Å². The first-order chi connectivity index (χ1) is 10.8. The Labute approximate surface area is 149 Å². The molecule has 1 amide bonds. The monoisotopic (exact) mass is 354 g/mol. The van der Waals surface area contributed by atoms with Crippen LogP contribution in [0.15, 0.2) is 30.3 Å². The first-order valence-corrected chi connectivity index (χ1v) is 9.53. The Kier molecular flexibility index (Phi) is 7.25. The van der Waals surface area contributed by atoms with Crippen molar-refractivity contribution in [2.24, 2.45) is 5.41 Å². The van der Waals surface area contributed by atoms with E-state index in [0.29, 0.717) is 17.9 Å². The molecular weight excluding hydrogens is 328 g/mol. The summed E-state index contributed by atoms with van der Waals surface area (Å²) in [5.41, 5.74) is 1.69. The van der Waals surface area contributed by atoms with Crippen LogP contribution in [-0.2, 0) is 11.2 Å². The summed E-state index contributed by atoms with van der Waals surface area (Å²) < 4.78 is 0. The van der Waals surface area contributed by atoms with Crippen molar-refractivity contribution in [3.8, 4) is 0 Å². The van der Waals surface area contributed by atoms with Crippen molar-refractivity contribution in [2.45, 2.75) is 38.1 Å². The second-order valence-electron chi connectivity index (χ2n) is 6.72. The smallest absolute Gasteiger partial charge is 0.221 e. The summed E-state index contributed by atoms with van der Waals surface area (Å²) in [5, 5.41) is 6.64. The molecule has 1 aliphatic carbocycles. The highest BCUT2D eigenvalue weighted by Crippen LogP contribution is 2.43. The number of carbonyl (C=O) groups excluding carboxylic acids is 1. The summed E-state index contributed by atoms with van der Waals surface area (Å²) >= 11 is 1.94. The molecule has 1 aromatic rings. The molecule has 1 heterocycles. The Bertz CT molecular complexity index is 487. The molecule has 1 aromatic carbocycles. The first kappa shape index (κ1) is 18.6. The van der Waals surface area contributed by atoms with E-state index in [2.05, 4.69) is 41.0 Å². The zero-order chi connectivity index (χ0) is 15.3. The highest BCUT2D eigenvalue weighted by molar-refractivity contribution is 7.99. The molecule has 0 bridgehead atoms. The van der Waals surface area contributed by atoms with E-state index in [1.165, 1.54) is 24.8 Å². The summed E-state index contributed by atoms with van der Waals surface area (Å²) in [7, 11) is 0. The van der Waals surface area contributed by atoms with Crippen molar-refractivity contribution in [2.75, 3.05) is 24.6 Å². The van der Waals surface area contributed by atoms with Crippen LogP contribution in [0.2, 0.25) is 0 Å². The molecule has 1 saturated carbocycles. The van der Waals surface area contributed by atoms with Crippen molar-refractivity contribution in [1.82, 2.24) is 10.6 Å². The number of hydrogen-bond donors (Lipinski definition) is 2. The van der Waals surface area contributed by atoms with Gasteiger partial charge < -0.3 is 10.6 Å². The summed E-state index contributed by atoms with van der Waals surface area (Å²) in [6.07, 6.45) is 5.48. The number of rotatable bonds is 6. The molecule has 0 radical (unpaired) electrons. The Morgan fingerprint density at radius 1 is 1.30 bits per heavy atom. The van der Waals surface area contributed by atoms with E-state index >= 15 is 0 Å². The van der Waals surface area contributed by atoms with Crippen LogP contribution in [-0.4, -0.2) is 36.5 Å². The van der Waals surface area contributed by atoms with E-state index in [0.717, 1.165) is 31.0 Å². The zero-order valence-electron chi connectivity index (χ0n) is 13.6. The van der Waals surface area contributed by atoms with Gasteiger partial charge in [0.25, 0.3) is 0 Å². The van der Waals surface area contributed by atoms with Crippen LogP contribution in [0.5, 0.6) is 0 Å². The van der Waals surface area contributed by atoms with Crippen LogP contribution in [0.4, 0.5) is 0 Å². The number of carbonyl (C=O) groups is 1. The minimum absolute atomic E-state index is 0. The molecule has 2 N–H and O–H groups in total. The van der Waals surface area contributed by atoms with Crippen molar-refractivity contribution in [3.05, 3.63) is 35.9 Å². The van der Waals surface area contributed by atoms with E-state index in [1.807, 2.05) is 11.8 Å². The topological polar surface area (TPSA) is 41.1 Å². The van der Waals surface area contributed by atoms with Gasteiger partial charge in [-0.2, -0.15) is 11.8 Å². The zero-order valence-corrected chi connectivity index (χ0v) is 15.2. The number of halogens is 1. The molecule has 1 unspecified atom stereocenters. The Balaban J connectivity index is 0.00000192. The molecule has 128 valence electrons. The van der Waals surface area contributed by atoms with Crippen LogP contribution in [0.3, 0.4) is 0 Å². The SMILES string of the molecule is Cl.O=C(CC1CSCCN1)NCC1(Cc2ccccc2)CCC1. The van der Waals surface area contributed by atoms with Crippen LogP contribution in [0.1, 0.15) is 31.2 Å².